The average molecular weight is 466 g/mol. The van der Waals surface area contributed by atoms with E-state index in [0.29, 0.717) is 13.1 Å². The molecule has 0 saturated carbocycles. The summed E-state index contributed by atoms with van der Waals surface area (Å²) in [5.41, 5.74) is 2.61. The van der Waals surface area contributed by atoms with Gasteiger partial charge in [-0.3, -0.25) is 4.79 Å². The van der Waals surface area contributed by atoms with Crippen LogP contribution in [0.4, 0.5) is 9.52 Å². The van der Waals surface area contributed by atoms with Crippen LogP contribution in [0.1, 0.15) is 18.4 Å². The molecule has 0 radical (unpaired) electrons. The summed E-state index contributed by atoms with van der Waals surface area (Å²) >= 11 is 1.50. The summed E-state index contributed by atoms with van der Waals surface area (Å²) in [5, 5.41) is 8.60. The number of fused-ring (bicyclic) bond motifs is 1. The van der Waals surface area contributed by atoms with Crippen molar-refractivity contribution < 1.29 is 13.9 Å². The monoisotopic (exact) mass is 465 g/mol. The van der Waals surface area contributed by atoms with Crippen LogP contribution in [-0.4, -0.2) is 40.7 Å². The molecule has 3 heterocycles. The highest BCUT2D eigenvalue weighted by Crippen LogP contribution is 2.30. The second kappa shape index (κ2) is 9.19. The normalized spacial score (nSPS) is 16.2. The predicted molar refractivity (Wildman–Crippen MR) is 126 cm³/mol. The molecule has 9 heteroatoms. The first-order chi connectivity index (χ1) is 16.1. The van der Waals surface area contributed by atoms with Crippen molar-refractivity contribution in [3.8, 4) is 17.0 Å². The van der Waals surface area contributed by atoms with Crippen LogP contribution in [0.5, 0.6) is 5.75 Å². The highest BCUT2D eigenvalue weighted by molar-refractivity contribution is 7.20. The number of nitrogens with zero attached hydrogens (tertiary/aromatic N) is 4. The fourth-order valence-electron chi connectivity index (χ4n) is 4.06. The third kappa shape index (κ3) is 4.68. The minimum Gasteiger partial charge on any atom is -0.497 e. The first-order valence-electron chi connectivity index (χ1n) is 10.9. The number of aromatic nitrogens is 3. The van der Waals surface area contributed by atoms with E-state index in [9.17, 15) is 9.18 Å². The molecule has 7 nitrogen and oxygen atoms in total. The van der Waals surface area contributed by atoms with Crippen molar-refractivity contribution in [2.75, 3.05) is 25.1 Å². The van der Waals surface area contributed by atoms with Crippen LogP contribution in [-0.2, 0) is 11.3 Å². The molecule has 1 saturated heterocycles. The second-order valence-corrected chi connectivity index (χ2v) is 9.03. The molecule has 1 atom stereocenters. The Kier molecular flexibility index (Phi) is 5.95. The molecule has 1 N–H and O–H groups in total. The maximum atomic E-state index is 13.2. The summed E-state index contributed by atoms with van der Waals surface area (Å²) < 4.78 is 20.2. The number of piperidine rings is 1. The standard InChI is InChI=1S/C24H24FN5O2S/c1-32-20-6-2-4-16(12-20)13-26-22(31)18-5-3-11-29(14-18)24-28-30-15-21(27-23(30)33-24)17-7-9-19(25)10-8-17/h2,4,6-10,12,15,18H,3,5,11,13-14H2,1H3,(H,26,31). The molecule has 170 valence electrons. The Morgan fingerprint density at radius 2 is 2.12 bits per heavy atom. The summed E-state index contributed by atoms with van der Waals surface area (Å²) in [6, 6.07) is 14.0. The number of carbonyl (C=O) groups excluding carboxylic acids is 1. The number of nitrogens with one attached hydrogen (secondary N) is 1. The van der Waals surface area contributed by atoms with Gasteiger partial charge in [0.1, 0.15) is 11.6 Å². The first-order valence-corrected chi connectivity index (χ1v) is 11.7. The quantitative estimate of drug-likeness (QED) is 0.464. The van der Waals surface area contributed by atoms with Crippen molar-refractivity contribution in [1.82, 2.24) is 19.9 Å². The number of anilines is 1. The minimum absolute atomic E-state index is 0.0578. The Hall–Kier alpha value is -3.46. The number of ether oxygens (including phenoxy) is 1. The lowest BCUT2D eigenvalue weighted by atomic mass is 9.97. The zero-order chi connectivity index (χ0) is 22.8. The van der Waals surface area contributed by atoms with E-state index in [4.69, 9.17) is 4.74 Å². The van der Waals surface area contributed by atoms with Crippen molar-refractivity contribution in [3.63, 3.8) is 0 Å². The van der Waals surface area contributed by atoms with Gasteiger partial charge in [-0.15, -0.1) is 5.10 Å². The predicted octanol–water partition coefficient (Wildman–Crippen LogP) is 4.14. The number of benzene rings is 2. The Labute approximate surface area is 194 Å². The fourth-order valence-corrected chi connectivity index (χ4v) is 4.98. The maximum absolute atomic E-state index is 13.2. The molecule has 1 fully saturated rings. The van der Waals surface area contributed by atoms with E-state index in [0.717, 1.165) is 52.0 Å². The Morgan fingerprint density at radius 3 is 2.91 bits per heavy atom. The topological polar surface area (TPSA) is 71.8 Å². The fraction of sp³-hybridized carbons (Fsp3) is 0.292. The summed E-state index contributed by atoms with van der Waals surface area (Å²) in [5.74, 6) is 0.479. The summed E-state index contributed by atoms with van der Waals surface area (Å²) in [6.07, 6.45) is 3.64. The second-order valence-electron chi connectivity index (χ2n) is 8.10. The molecular weight excluding hydrogens is 441 g/mol. The van der Waals surface area contributed by atoms with Crippen LogP contribution in [0.25, 0.3) is 16.2 Å². The van der Waals surface area contributed by atoms with Crippen LogP contribution in [0.2, 0.25) is 0 Å². The lowest BCUT2D eigenvalue weighted by Crippen LogP contribution is -2.43. The lowest BCUT2D eigenvalue weighted by molar-refractivity contribution is -0.125. The number of imidazole rings is 1. The third-order valence-electron chi connectivity index (χ3n) is 5.84. The van der Waals surface area contributed by atoms with Crippen molar-refractivity contribution in [2.24, 2.45) is 5.92 Å². The maximum Gasteiger partial charge on any atom is 0.225 e. The molecule has 4 aromatic rings. The summed E-state index contributed by atoms with van der Waals surface area (Å²) in [4.78, 5) is 20.4. The number of hydrogen-bond acceptors (Lipinski definition) is 6. The number of carbonyl (C=O) groups is 1. The van der Waals surface area contributed by atoms with Crippen LogP contribution in [0.3, 0.4) is 0 Å². The molecule has 0 aliphatic carbocycles. The Morgan fingerprint density at radius 1 is 1.27 bits per heavy atom. The van der Waals surface area contributed by atoms with Gasteiger partial charge in [0.2, 0.25) is 16.0 Å². The number of rotatable bonds is 6. The van der Waals surface area contributed by atoms with Crippen LogP contribution < -0.4 is 15.0 Å². The third-order valence-corrected chi connectivity index (χ3v) is 6.82. The van der Waals surface area contributed by atoms with Gasteiger partial charge in [0.15, 0.2) is 0 Å². The minimum atomic E-state index is -0.271. The van der Waals surface area contributed by atoms with Gasteiger partial charge in [-0.2, -0.15) is 0 Å². The Bertz CT molecular complexity index is 1240. The van der Waals surface area contributed by atoms with Gasteiger partial charge in [-0.1, -0.05) is 23.5 Å². The van der Waals surface area contributed by atoms with E-state index in [-0.39, 0.29) is 17.6 Å². The van der Waals surface area contributed by atoms with E-state index in [1.54, 1.807) is 23.8 Å². The molecule has 1 unspecified atom stereocenters. The van der Waals surface area contributed by atoms with E-state index < -0.39 is 0 Å². The van der Waals surface area contributed by atoms with Gasteiger partial charge in [0.25, 0.3) is 0 Å². The van der Waals surface area contributed by atoms with Crippen molar-refractivity contribution >= 4 is 27.3 Å². The molecule has 0 spiro atoms. The van der Waals surface area contributed by atoms with E-state index in [1.165, 1.54) is 23.5 Å². The molecule has 2 aromatic heterocycles. The molecule has 5 rings (SSSR count). The molecule has 0 bridgehead atoms. The molecular formula is C24H24FN5O2S. The molecule has 2 aromatic carbocycles. The van der Waals surface area contributed by atoms with Crippen LogP contribution in [0.15, 0.2) is 54.7 Å². The van der Waals surface area contributed by atoms with Gasteiger partial charge in [-0.25, -0.2) is 13.9 Å². The van der Waals surface area contributed by atoms with Crippen molar-refractivity contribution in [2.45, 2.75) is 19.4 Å². The highest BCUT2D eigenvalue weighted by Gasteiger charge is 2.28. The van der Waals surface area contributed by atoms with E-state index in [1.807, 2.05) is 30.5 Å². The van der Waals surface area contributed by atoms with Crippen molar-refractivity contribution in [1.29, 1.82) is 0 Å². The van der Waals surface area contributed by atoms with E-state index >= 15 is 0 Å². The zero-order valence-electron chi connectivity index (χ0n) is 18.2. The summed E-state index contributed by atoms with van der Waals surface area (Å²) in [7, 11) is 1.63. The molecule has 33 heavy (non-hydrogen) atoms. The zero-order valence-corrected chi connectivity index (χ0v) is 19.0. The largest absolute Gasteiger partial charge is 0.497 e. The van der Waals surface area contributed by atoms with Crippen LogP contribution >= 0.6 is 11.3 Å². The average Bonchev–Trinajstić information content (AvgIpc) is 3.43. The lowest BCUT2D eigenvalue weighted by Gasteiger charge is -2.31. The number of hydrogen-bond donors (Lipinski definition) is 1. The highest BCUT2D eigenvalue weighted by atomic mass is 32.1. The van der Waals surface area contributed by atoms with Crippen LogP contribution in [0, 0.1) is 11.7 Å². The number of methoxy groups -OCH3 is 1. The van der Waals surface area contributed by atoms with Gasteiger partial charge < -0.3 is 15.0 Å². The number of amides is 1. The molecule has 1 aliphatic rings. The first kappa shape index (κ1) is 21.4. The van der Waals surface area contributed by atoms with Gasteiger partial charge in [0, 0.05) is 25.2 Å². The van der Waals surface area contributed by atoms with Crippen molar-refractivity contribution in [3.05, 3.63) is 66.1 Å². The molecule has 1 amide bonds. The van der Waals surface area contributed by atoms with Gasteiger partial charge in [0.05, 0.1) is 24.9 Å². The van der Waals surface area contributed by atoms with E-state index in [2.05, 4.69) is 20.3 Å². The smallest absolute Gasteiger partial charge is 0.225 e. The SMILES string of the molecule is COc1cccc(CNC(=O)C2CCCN(c3nn4cc(-c5ccc(F)cc5)nc4s3)C2)c1. The Balaban J connectivity index is 1.23. The summed E-state index contributed by atoms with van der Waals surface area (Å²) in [6.45, 7) is 1.97. The number of halogens is 1. The molecule has 1 aliphatic heterocycles. The van der Waals surface area contributed by atoms with Gasteiger partial charge >= 0.3 is 0 Å². The van der Waals surface area contributed by atoms with Gasteiger partial charge in [-0.05, 0) is 54.8 Å².